The summed E-state index contributed by atoms with van der Waals surface area (Å²) in [7, 11) is 0. The van der Waals surface area contributed by atoms with E-state index >= 15 is 0 Å². The Morgan fingerprint density at radius 3 is 3.00 bits per heavy atom. The normalized spacial score (nSPS) is 12.0. The van der Waals surface area contributed by atoms with Crippen molar-refractivity contribution in [2.75, 3.05) is 0 Å². The van der Waals surface area contributed by atoms with Gasteiger partial charge >= 0.3 is 0 Å². The van der Waals surface area contributed by atoms with Crippen LogP contribution in [0.3, 0.4) is 0 Å². The molecule has 0 radical (unpaired) electrons. The molecular weight excluding hydrogens is 318 g/mol. The molecule has 3 aromatic heterocycles. The number of thiazole rings is 1. The summed E-state index contributed by atoms with van der Waals surface area (Å²) >= 11 is 2.92. The molecule has 110 valence electrons. The number of hydrogen-bond donors (Lipinski definition) is 0. The van der Waals surface area contributed by atoms with Crippen LogP contribution in [-0.4, -0.2) is 25.8 Å². The van der Waals surface area contributed by atoms with Gasteiger partial charge in [-0.1, -0.05) is 11.3 Å². The molecule has 0 aliphatic carbocycles. The molecule has 0 saturated heterocycles. The van der Waals surface area contributed by atoms with Crippen LogP contribution in [0, 0.1) is 18.3 Å². The van der Waals surface area contributed by atoms with Gasteiger partial charge in [-0.05, 0) is 18.4 Å². The highest BCUT2D eigenvalue weighted by Gasteiger charge is 2.27. The van der Waals surface area contributed by atoms with E-state index in [9.17, 15) is 10.1 Å². The van der Waals surface area contributed by atoms with E-state index in [1.165, 1.54) is 11.3 Å². The van der Waals surface area contributed by atoms with E-state index in [0.29, 0.717) is 11.6 Å². The average molecular weight is 329 g/mol. The number of aromatic nitrogens is 4. The lowest BCUT2D eigenvalue weighted by atomic mass is 10.0. The molecule has 1 atom stereocenters. The average Bonchev–Trinajstić information content (AvgIpc) is 3.23. The fraction of sp³-hybridized carbons (Fsp3) is 0.214. The predicted octanol–water partition coefficient (Wildman–Crippen LogP) is 2.64. The van der Waals surface area contributed by atoms with E-state index in [2.05, 4.69) is 15.3 Å². The summed E-state index contributed by atoms with van der Waals surface area (Å²) < 4.78 is 1.60. The Labute approximate surface area is 134 Å². The molecule has 22 heavy (non-hydrogen) atoms. The highest BCUT2D eigenvalue weighted by molar-refractivity contribution is 7.10. The molecule has 3 heterocycles. The Kier molecular flexibility index (Phi) is 4.09. The number of hydrogen-bond acceptors (Lipinski definition) is 7. The molecule has 0 unspecified atom stereocenters. The van der Waals surface area contributed by atoms with Crippen LogP contribution in [0.5, 0.6) is 0 Å². The molecule has 0 aliphatic heterocycles. The van der Waals surface area contributed by atoms with Crippen LogP contribution in [0.25, 0.3) is 0 Å². The lowest BCUT2D eigenvalue weighted by molar-refractivity contribution is 0.0974. The zero-order chi connectivity index (χ0) is 15.5. The fourth-order valence-electron chi connectivity index (χ4n) is 1.93. The number of carbonyl (C=O) groups excluding carboxylic acids is 1. The first-order chi connectivity index (χ1) is 10.7. The van der Waals surface area contributed by atoms with Crippen LogP contribution in [0.4, 0.5) is 0 Å². The van der Waals surface area contributed by atoms with Crippen molar-refractivity contribution in [3.05, 3.63) is 50.4 Å². The Hall–Kier alpha value is -2.37. The van der Waals surface area contributed by atoms with E-state index in [1.54, 1.807) is 22.2 Å². The lowest BCUT2D eigenvalue weighted by Crippen LogP contribution is -2.11. The maximum atomic E-state index is 12.4. The van der Waals surface area contributed by atoms with Crippen molar-refractivity contribution in [1.29, 1.82) is 5.26 Å². The van der Waals surface area contributed by atoms with Crippen molar-refractivity contribution < 1.29 is 4.79 Å². The van der Waals surface area contributed by atoms with Crippen LogP contribution in [0.15, 0.2) is 29.1 Å². The van der Waals surface area contributed by atoms with Crippen molar-refractivity contribution in [1.82, 2.24) is 20.0 Å². The van der Waals surface area contributed by atoms with Crippen LogP contribution >= 0.6 is 22.7 Å². The third kappa shape index (κ3) is 2.95. The first-order valence-corrected chi connectivity index (χ1v) is 8.21. The molecule has 6 nitrogen and oxygen atoms in total. The van der Waals surface area contributed by atoms with Gasteiger partial charge in [0, 0.05) is 16.0 Å². The standard InChI is InChI=1S/C14H11N5OS2/c1-9-8-22-14(16-9)11(5-15)13(20)12-7-19(18-17-12)6-10-3-2-4-21-10/h2-4,7-8,11H,6H2,1H3/t11-/m0/s1. The fourth-order valence-corrected chi connectivity index (χ4v) is 3.46. The van der Waals surface area contributed by atoms with Crippen LogP contribution in [0.1, 0.15) is 32.0 Å². The minimum Gasteiger partial charge on any atom is -0.290 e. The number of nitriles is 1. The minimum absolute atomic E-state index is 0.191. The Balaban J connectivity index is 1.80. The molecule has 0 aliphatic rings. The van der Waals surface area contributed by atoms with Gasteiger partial charge in [-0.2, -0.15) is 5.26 Å². The van der Waals surface area contributed by atoms with Gasteiger partial charge in [0.25, 0.3) is 0 Å². The van der Waals surface area contributed by atoms with Gasteiger partial charge in [0.05, 0.1) is 18.8 Å². The zero-order valence-corrected chi connectivity index (χ0v) is 13.3. The van der Waals surface area contributed by atoms with Gasteiger partial charge in [0.2, 0.25) is 5.78 Å². The number of nitrogens with zero attached hydrogens (tertiary/aromatic N) is 5. The molecular formula is C14H11N5OS2. The monoisotopic (exact) mass is 329 g/mol. The molecule has 0 fully saturated rings. The Morgan fingerprint density at radius 1 is 1.50 bits per heavy atom. The SMILES string of the molecule is Cc1csc([C@@H](C#N)C(=O)c2cn(Cc3cccs3)nn2)n1. The smallest absolute Gasteiger partial charge is 0.208 e. The van der Waals surface area contributed by atoms with Crippen LogP contribution in [0.2, 0.25) is 0 Å². The summed E-state index contributed by atoms with van der Waals surface area (Å²) in [5.41, 5.74) is 0.991. The maximum Gasteiger partial charge on any atom is 0.208 e. The van der Waals surface area contributed by atoms with Crippen molar-refractivity contribution >= 4 is 28.5 Å². The van der Waals surface area contributed by atoms with Crippen LogP contribution in [-0.2, 0) is 6.54 Å². The minimum atomic E-state index is -0.925. The molecule has 0 saturated carbocycles. The molecule has 0 N–H and O–H groups in total. The largest absolute Gasteiger partial charge is 0.290 e. The van der Waals surface area contributed by atoms with Crippen molar-refractivity contribution in [3.8, 4) is 6.07 Å². The zero-order valence-electron chi connectivity index (χ0n) is 11.6. The maximum absolute atomic E-state index is 12.4. The van der Waals surface area contributed by atoms with Crippen molar-refractivity contribution in [2.24, 2.45) is 0 Å². The molecule has 3 aromatic rings. The highest BCUT2D eigenvalue weighted by atomic mass is 32.1. The summed E-state index contributed by atoms with van der Waals surface area (Å²) in [6.45, 7) is 2.39. The number of thiophene rings is 1. The van der Waals surface area contributed by atoms with Gasteiger partial charge in [0.15, 0.2) is 11.6 Å². The second-order valence-electron chi connectivity index (χ2n) is 4.63. The van der Waals surface area contributed by atoms with Gasteiger partial charge in [-0.25, -0.2) is 9.67 Å². The van der Waals surface area contributed by atoms with E-state index in [4.69, 9.17) is 0 Å². The van der Waals surface area contributed by atoms with E-state index in [1.807, 2.05) is 35.9 Å². The van der Waals surface area contributed by atoms with Crippen molar-refractivity contribution in [3.63, 3.8) is 0 Å². The Morgan fingerprint density at radius 2 is 2.36 bits per heavy atom. The van der Waals surface area contributed by atoms with Gasteiger partial charge in [-0.3, -0.25) is 4.79 Å². The number of ketones is 1. The molecule has 0 spiro atoms. The predicted molar refractivity (Wildman–Crippen MR) is 83.0 cm³/mol. The van der Waals surface area contributed by atoms with Crippen molar-refractivity contribution in [2.45, 2.75) is 19.4 Å². The summed E-state index contributed by atoms with van der Waals surface area (Å²) in [4.78, 5) is 17.8. The van der Waals surface area contributed by atoms with Gasteiger partial charge in [-0.15, -0.1) is 27.8 Å². The summed E-state index contributed by atoms with van der Waals surface area (Å²) in [6.07, 6.45) is 1.58. The number of aryl methyl sites for hydroxylation is 1. The Bertz CT molecular complexity index is 828. The molecule has 0 aromatic carbocycles. The first kappa shape index (κ1) is 14.6. The van der Waals surface area contributed by atoms with Gasteiger partial charge in [0.1, 0.15) is 5.01 Å². The molecule has 8 heteroatoms. The summed E-state index contributed by atoms with van der Waals surface area (Å²) in [5, 5.41) is 21.4. The topological polar surface area (TPSA) is 84.5 Å². The molecule has 0 amide bonds. The van der Waals surface area contributed by atoms with Gasteiger partial charge < -0.3 is 0 Å². The quantitative estimate of drug-likeness (QED) is 0.672. The lowest BCUT2D eigenvalue weighted by Gasteiger charge is -2.01. The highest BCUT2D eigenvalue weighted by Crippen LogP contribution is 2.23. The first-order valence-electron chi connectivity index (χ1n) is 6.45. The molecule has 3 rings (SSSR count). The molecule has 0 bridgehead atoms. The third-order valence-electron chi connectivity index (χ3n) is 2.96. The van der Waals surface area contributed by atoms with E-state index in [-0.39, 0.29) is 11.5 Å². The second kappa shape index (κ2) is 6.17. The van der Waals surface area contributed by atoms with E-state index in [0.717, 1.165) is 10.6 Å². The number of rotatable bonds is 5. The summed E-state index contributed by atoms with van der Waals surface area (Å²) in [6, 6.07) is 5.96. The third-order valence-corrected chi connectivity index (χ3v) is 4.85. The number of Topliss-reactive ketones (excluding diaryl/α,β-unsaturated/α-hetero) is 1. The summed E-state index contributed by atoms with van der Waals surface area (Å²) in [5.74, 6) is -1.29. The second-order valence-corrected chi connectivity index (χ2v) is 6.56. The van der Waals surface area contributed by atoms with Crippen LogP contribution < -0.4 is 0 Å². The number of carbonyl (C=O) groups is 1. The van der Waals surface area contributed by atoms with E-state index < -0.39 is 5.92 Å².